The molecule has 2 heterocycles. The highest BCUT2D eigenvalue weighted by atomic mass is 32.2. The molecule has 1 fully saturated rings. The topological polar surface area (TPSA) is 64.4 Å². The summed E-state index contributed by atoms with van der Waals surface area (Å²) < 4.78 is 7.17. The predicted octanol–water partition coefficient (Wildman–Crippen LogP) is 4.07. The Balaban J connectivity index is 1.65. The monoisotopic (exact) mass is 451 g/mol. The van der Waals surface area contributed by atoms with E-state index in [9.17, 15) is 9.59 Å². The quantitative estimate of drug-likeness (QED) is 0.400. The number of ether oxygens (including phenoxy) is 1. The Morgan fingerprint density at radius 2 is 1.97 bits per heavy atom. The van der Waals surface area contributed by atoms with Gasteiger partial charge in [-0.3, -0.25) is 14.2 Å². The molecular weight excluding hydrogens is 422 g/mol. The second kappa shape index (κ2) is 10.3. The molecule has 168 valence electrons. The highest BCUT2D eigenvalue weighted by Crippen LogP contribution is 2.23. The van der Waals surface area contributed by atoms with Gasteiger partial charge >= 0.3 is 0 Å². The number of para-hydroxylation sites is 1. The number of hydrogen-bond donors (Lipinski definition) is 0. The molecule has 7 heteroatoms. The van der Waals surface area contributed by atoms with Crippen LogP contribution in [0.3, 0.4) is 0 Å². The number of morpholine rings is 1. The summed E-state index contributed by atoms with van der Waals surface area (Å²) in [5, 5.41) is 1.10. The minimum atomic E-state index is -0.119. The van der Waals surface area contributed by atoms with Crippen LogP contribution in [0.4, 0.5) is 0 Å². The summed E-state index contributed by atoms with van der Waals surface area (Å²) in [5.74, 6) is 0.264. The van der Waals surface area contributed by atoms with E-state index in [1.54, 1.807) is 10.6 Å². The molecule has 2 aromatic carbocycles. The van der Waals surface area contributed by atoms with Crippen molar-refractivity contribution in [3.8, 4) is 5.69 Å². The Labute approximate surface area is 192 Å². The first-order valence-corrected chi connectivity index (χ1v) is 12.2. The second-order valence-corrected chi connectivity index (χ2v) is 9.07. The second-order valence-electron chi connectivity index (χ2n) is 8.13. The summed E-state index contributed by atoms with van der Waals surface area (Å²) in [6.07, 6.45) is 3.35. The van der Waals surface area contributed by atoms with E-state index in [0.29, 0.717) is 35.8 Å². The first-order chi connectivity index (χ1) is 15.6. The third-order valence-corrected chi connectivity index (χ3v) is 6.60. The normalized spacial score (nSPS) is 16.4. The Hall–Kier alpha value is -2.64. The zero-order valence-electron chi connectivity index (χ0n) is 18.6. The first kappa shape index (κ1) is 22.6. The van der Waals surface area contributed by atoms with E-state index in [0.717, 1.165) is 24.9 Å². The summed E-state index contributed by atoms with van der Waals surface area (Å²) in [6.45, 7) is 5.90. The molecule has 1 amide bonds. The fourth-order valence-corrected chi connectivity index (χ4v) is 4.81. The van der Waals surface area contributed by atoms with E-state index in [1.807, 2.05) is 42.2 Å². The molecule has 1 aliphatic rings. The third-order valence-electron chi connectivity index (χ3n) is 5.68. The number of thioether (sulfide) groups is 1. The van der Waals surface area contributed by atoms with Gasteiger partial charge in [-0.2, -0.15) is 0 Å². The number of aryl methyl sites for hydroxylation is 1. The Bertz CT molecular complexity index is 1140. The van der Waals surface area contributed by atoms with E-state index in [2.05, 4.69) is 19.1 Å². The number of carbonyl (C=O) groups is 1. The average molecular weight is 452 g/mol. The van der Waals surface area contributed by atoms with Crippen molar-refractivity contribution in [2.45, 2.75) is 44.4 Å². The zero-order valence-corrected chi connectivity index (χ0v) is 19.4. The number of benzene rings is 2. The van der Waals surface area contributed by atoms with Gasteiger partial charge in [0.2, 0.25) is 5.91 Å². The predicted molar refractivity (Wildman–Crippen MR) is 129 cm³/mol. The summed E-state index contributed by atoms with van der Waals surface area (Å²) in [7, 11) is 0. The molecule has 0 aliphatic carbocycles. The Kier molecular flexibility index (Phi) is 7.27. The summed E-state index contributed by atoms with van der Waals surface area (Å²) in [4.78, 5) is 32.8. The van der Waals surface area contributed by atoms with Crippen molar-refractivity contribution in [2.75, 3.05) is 25.4 Å². The lowest BCUT2D eigenvalue weighted by molar-refractivity contribution is -0.135. The van der Waals surface area contributed by atoms with E-state index >= 15 is 0 Å². The van der Waals surface area contributed by atoms with Crippen molar-refractivity contribution < 1.29 is 9.53 Å². The molecule has 0 bridgehead atoms. The Morgan fingerprint density at radius 3 is 2.72 bits per heavy atom. The fraction of sp³-hybridized carbons (Fsp3) is 0.400. The van der Waals surface area contributed by atoms with E-state index in [4.69, 9.17) is 9.72 Å². The molecule has 0 saturated carbocycles. The van der Waals surface area contributed by atoms with Crippen LogP contribution in [0.5, 0.6) is 0 Å². The molecule has 32 heavy (non-hydrogen) atoms. The van der Waals surface area contributed by atoms with Crippen molar-refractivity contribution in [1.82, 2.24) is 14.5 Å². The minimum Gasteiger partial charge on any atom is -0.375 e. The van der Waals surface area contributed by atoms with Crippen LogP contribution in [-0.4, -0.2) is 51.9 Å². The third kappa shape index (κ3) is 5.05. The molecule has 1 aromatic heterocycles. The van der Waals surface area contributed by atoms with Gasteiger partial charge in [0.25, 0.3) is 5.56 Å². The number of unbranched alkanes of at least 4 members (excludes halogenated alkanes) is 1. The van der Waals surface area contributed by atoms with Crippen LogP contribution >= 0.6 is 11.8 Å². The van der Waals surface area contributed by atoms with E-state index < -0.39 is 0 Å². The standard InChI is InChI=1S/C25H29N3O3S/c1-3-4-7-19-10-12-20(13-11-19)28-24(30)21-8-5-6-9-22(21)26-25(28)32-17-23(29)27-14-15-31-18(2)16-27/h5-6,8-13,18H,3-4,7,14-17H2,1-2H3. The number of aromatic nitrogens is 2. The van der Waals surface area contributed by atoms with Crippen LogP contribution in [0, 0.1) is 0 Å². The SMILES string of the molecule is CCCCc1ccc(-n2c(SCC(=O)N3CCOC(C)C3)nc3ccccc3c2=O)cc1. The summed E-state index contributed by atoms with van der Waals surface area (Å²) >= 11 is 1.31. The molecular formula is C25H29N3O3S. The molecule has 6 nitrogen and oxygen atoms in total. The van der Waals surface area contributed by atoms with Crippen LogP contribution < -0.4 is 5.56 Å². The van der Waals surface area contributed by atoms with Crippen LogP contribution in [0.15, 0.2) is 58.5 Å². The number of amides is 1. The van der Waals surface area contributed by atoms with Crippen molar-refractivity contribution in [1.29, 1.82) is 0 Å². The maximum Gasteiger partial charge on any atom is 0.266 e. The van der Waals surface area contributed by atoms with Gasteiger partial charge in [-0.25, -0.2) is 4.98 Å². The van der Waals surface area contributed by atoms with Crippen molar-refractivity contribution in [2.24, 2.45) is 0 Å². The Morgan fingerprint density at radius 1 is 1.19 bits per heavy atom. The number of nitrogens with zero attached hydrogens (tertiary/aromatic N) is 3. The molecule has 0 radical (unpaired) electrons. The first-order valence-electron chi connectivity index (χ1n) is 11.2. The fourth-order valence-electron chi connectivity index (χ4n) is 3.89. The highest BCUT2D eigenvalue weighted by molar-refractivity contribution is 7.99. The van der Waals surface area contributed by atoms with Gasteiger partial charge in [0.15, 0.2) is 5.16 Å². The molecule has 3 aromatic rings. The van der Waals surface area contributed by atoms with Crippen molar-refractivity contribution in [3.05, 3.63) is 64.4 Å². The zero-order chi connectivity index (χ0) is 22.5. The maximum atomic E-state index is 13.4. The molecule has 1 unspecified atom stereocenters. The van der Waals surface area contributed by atoms with Gasteiger partial charge in [0, 0.05) is 13.1 Å². The van der Waals surface area contributed by atoms with Gasteiger partial charge in [-0.1, -0.05) is 49.4 Å². The lowest BCUT2D eigenvalue weighted by Gasteiger charge is -2.31. The molecule has 1 atom stereocenters. The average Bonchev–Trinajstić information content (AvgIpc) is 2.82. The van der Waals surface area contributed by atoms with E-state index in [1.165, 1.54) is 17.3 Å². The van der Waals surface area contributed by atoms with E-state index in [-0.39, 0.29) is 23.3 Å². The van der Waals surface area contributed by atoms with Crippen molar-refractivity contribution in [3.63, 3.8) is 0 Å². The van der Waals surface area contributed by atoms with Crippen LogP contribution in [-0.2, 0) is 16.0 Å². The lowest BCUT2D eigenvalue weighted by Crippen LogP contribution is -2.45. The highest BCUT2D eigenvalue weighted by Gasteiger charge is 2.22. The summed E-state index contributed by atoms with van der Waals surface area (Å²) in [5.41, 5.74) is 2.54. The molecule has 1 aliphatic heterocycles. The van der Waals surface area contributed by atoms with Crippen LogP contribution in [0.25, 0.3) is 16.6 Å². The van der Waals surface area contributed by atoms with Crippen LogP contribution in [0.2, 0.25) is 0 Å². The molecule has 0 spiro atoms. The molecule has 1 saturated heterocycles. The van der Waals surface area contributed by atoms with Crippen molar-refractivity contribution >= 4 is 28.6 Å². The van der Waals surface area contributed by atoms with Gasteiger partial charge in [-0.15, -0.1) is 0 Å². The maximum absolute atomic E-state index is 13.4. The molecule has 0 N–H and O–H groups in total. The van der Waals surface area contributed by atoms with Gasteiger partial charge < -0.3 is 9.64 Å². The number of carbonyl (C=O) groups excluding carboxylic acids is 1. The largest absolute Gasteiger partial charge is 0.375 e. The molecule has 4 rings (SSSR count). The smallest absolute Gasteiger partial charge is 0.266 e. The lowest BCUT2D eigenvalue weighted by atomic mass is 10.1. The van der Waals surface area contributed by atoms with Crippen LogP contribution in [0.1, 0.15) is 32.3 Å². The van der Waals surface area contributed by atoms with Gasteiger partial charge in [0.05, 0.1) is 35.1 Å². The number of fused-ring (bicyclic) bond motifs is 1. The van der Waals surface area contributed by atoms with Gasteiger partial charge in [-0.05, 0) is 49.6 Å². The summed E-state index contributed by atoms with van der Waals surface area (Å²) in [6, 6.07) is 15.4. The van der Waals surface area contributed by atoms with Gasteiger partial charge in [0.1, 0.15) is 0 Å². The minimum absolute atomic E-state index is 0.0361. The number of hydrogen-bond acceptors (Lipinski definition) is 5. The number of rotatable bonds is 7.